The molecule has 19 heavy (non-hydrogen) atoms. The van der Waals surface area contributed by atoms with Crippen LogP contribution in [0.2, 0.25) is 0 Å². The number of nitro benzene ring substituents is 1. The number of carbonyl (C=O) groups excluding carboxylic acids is 1. The summed E-state index contributed by atoms with van der Waals surface area (Å²) in [6, 6.07) is 7.10. The molecule has 1 aromatic rings. The van der Waals surface area contributed by atoms with Gasteiger partial charge in [0.25, 0.3) is 5.69 Å². The second-order valence-corrected chi connectivity index (χ2v) is 3.64. The number of benzene rings is 1. The van der Waals surface area contributed by atoms with Gasteiger partial charge in [0.2, 0.25) is 5.78 Å². The van der Waals surface area contributed by atoms with E-state index >= 15 is 0 Å². The van der Waals surface area contributed by atoms with Crippen LogP contribution in [0.4, 0.5) is 5.69 Å². The third-order valence-electron chi connectivity index (χ3n) is 2.18. The molecule has 0 bridgehead atoms. The molecular weight excluding hydrogens is 250 g/mol. The van der Waals surface area contributed by atoms with Crippen molar-refractivity contribution < 1.29 is 14.5 Å². The van der Waals surface area contributed by atoms with Gasteiger partial charge >= 0.3 is 0 Å². The lowest BCUT2D eigenvalue weighted by Crippen LogP contribution is -2.16. The number of nitrogens with zero attached hydrogens (tertiary/aromatic N) is 2. The summed E-state index contributed by atoms with van der Waals surface area (Å²) in [4.78, 5) is 21.6. The maximum absolute atomic E-state index is 11.6. The molecule has 1 aromatic carbocycles. The van der Waals surface area contributed by atoms with Crippen molar-refractivity contribution in [3.05, 3.63) is 45.6 Å². The molecule has 1 rings (SSSR count). The van der Waals surface area contributed by atoms with Crippen LogP contribution in [0.5, 0.6) is 5.75 Å². The molecule has 0 atom stereocenters. The SMILES string of the molecule is C/C(N)=C(/C#N)C(=O)COc1cccc([N+](=O)[O-])c1. The molecule has 0 aromatic heterocycles. The highest BCUT2D eigenvalue weighted by atomic mass is 16.6. The van der Waals surface area contributed by atoms with Gasteiger partial charge in [-0.15, -0.1) is 0 Å². The fraction of sp³-hybridized carbons (Fsp3) is 0.167. The van der Waals surface area contributed by atoms with Crippen LogP contribution in [0.15, 0.2) is 35.5 Å². The van der Waals surface area contributed by atoms with Crippen LogP contribution in [0.25, 0.3) is 0 Å². The molecule has 98 valence electrons. The lowest BCUT2D eigenvalue weighted by molar-refractivity contribution is -0.384. The summed E-state index contributed by atoms with van der Waals surface area (Å²) in [7, 11) is 0. The zero-order valence-corrected chi connectivity index (χ0v) is 10.1. The molecule has 0 aliphatic rings. The maximum Gasteiger partial charge on any atom is 0.273 e. The summed E-state index contributed by atoms with van der Waals surface area (Å²) in [6.45, 7) is 1.03. The van der Waals surface area contributed by atoms with E-state index in [0.717, 1.165) is 0 Å². The number of ketones is 1. The Bertz CT molecular complexity index is 583. The molecule has 0 unspecified atom stereocenters. The predicted molar refractivity (Wildman–Crippen MR) is 66.1 cm³/mol. The van der Waals surface area contributed by atoms with Gasteiger partial charge in [-0.3, -0.25) is 14.9 Å². The van der Waals surface area contributed by atoms with E-state index in [1.807, 2.05) is 0 Å². The Morgan fingerprint density at radius 2 is 2.26 bits per heavy atom. The van der Waals surface area contributed by atoms with Crippen LogP contribution in [0.1, 0.15) is 6.92 Å². The normalized spacial score (nSPS) is 11.2. The third-order valence-corrected chi connectivity index (χ3v) is 2.18. The molecule has 0 fully saturated rings. The Balaban J connectivity index is 2.76. The second kappa shape index (κ2) is 6.16. The van der Waals surface area contributed by atoms with Gasteiger partial charge in [0.05, 0.1) is 11.0 Å². The first-order valence-corrected chi connectivity index (χ1v) is 5.22. The Morgan fingerprint density at radius 3 is 2.79 bits per heavy atom. The molecule has 0 amide bonds. The van der Waals surface area contributed by atoms with Gasteiger partial charge < -0.3 is 10.5 Å². The molecule has 7 nitrogen and oxygen atoms in total. The second-order valence-electron chi connectivity index (χ2n) is 3.64. The highest BCUT2D eigenvalue weighted by molar-refractivity contribution is 6.00. The number of nitro groups is 1. The summed E-state index contributed by atoms with van der Waals surface area (Å²) in [5.41, 5.74) is 5.16. The molecular formula is C12H11N3O4. The number of non-ortho nitro benzene ring substituents is 1. The highest BCUT2D eigenvalue weighted by Crippen LogP contribution is 2.19. The van der Waals surface area contributed by atoms with E-state index in [4.69, 9.17) is 15.7 Å². The van der Waals surface area contributed by atoms with E-state index in [1.54, 1.807) is 6.07 Å². The predicted octanol–water partition coefficient (Wildman–Crippen LogP) is 1.30. The quantitative estimate of drug-likeness (QED) is 0.369. The van der Waals surface area contributed by atoms with E-state index in [0.29, 0.717) is 0 Å². The van der Waals surface area contributed by atoms with Crippen molar-refractivity contribution in [1.82, 2.24) is 0 Å². The van der Waals surface area contributed by atoms with Crippen LogP contribution in [-0.2, 0) is 4.79 Å². The Morgan fingerprint density at radius 1 is 1.58 bits per heavy atom. The van der Waals surface area contributed by atoms with Crippen LogP contribution in [0.3, 0.4) is 0 Å². The van der Waals surface area contributed by atoms with Crippen LogP contribution >= 0.6 is 0 Å². The van der Waals surface area contributed by atoms with Gasteiger partial charge in [-0.25, -0.2) is 0 Å². The molecule has 0 heterocycles. The van der Waals surface area contributed by atoms with Gasteiger partial charge in [-0.1, -0.05) is 6.07 Å². The maximum atomic E-state index is 11.6. The lowest BCUT2D eigenvalue weighted by Gasteiger charge is -2.05. The fourth-order valence-corrected chi connectivity index (χ4v) is 1.28. The van der Waals surface area contributed by atoms with Crippen molar-refractivity contribution in [3.63, 3.8) is 0 Å². The van der Waals surface area contributed by atoms with Gasteiger partial charge in [-0.05, 0) is 13.0 Å². The minimum absolute atomic E-state index is 0.107. The van der Waals surface area contributed by atoms with E-state index in [-0.39, 0.29) is 22.7 Å². The first-order chi connectivity index (χ1) is 8.95. The number of carbonyl (C=O) groups is 1. The standard InChI is InChI=1S/C12H11N3O4/c1-8(14)11(6-13)12(16)7-19-10-4-2-3-9(5-10)15(17)18/h2-5H,7,14H2,1H3/b11-8+. The molecule has 0 saturated heterocycles. The number of ether oxygens (including phenoxy) is 1. The first kappa shape index (κ1) is 14.2. The fourth-order valence-electron chi connectivity index (χ4n) is 1.28. The molecule has 0 radical (unpaired) electrons. The van der Waals surface area contributed by atoms with Gasteiger partial charge in [0, 0.05) is 11.8 Å². The average molecular weight is 261 g/mol. The van der Waals surface area contributed by atoms with Crippen molar-refractivity contribution in [2.45, 2.75) is 6.92 Å². The zero-order valence-electron chi connectivity index (χ0n) is 10.1. The van der Waals surface area contributed by atoms with E-state index in [2.05, 4.69) is 0 Å². The Labute approximate surface area is 109 Å². The van der Waals surface area contributed by atoms with Crippen LogP contribution in [-0.4, -0.2) is 17.3 Å². The molecule has 2 N–H and O–H groups in total. The van der Waals surface area contributed by atoms with Crippen molar-refractivity contribution in [2.75, 3.05) is 6.61 Å². The number of nitrogens with two attached hydrogens (primary N) is 1. The number of Topliss-reactive ketones (excluding diaryl/α,β-unsaturated/α-hetero) is 1. The molecule has 0 spiro atoms. The summed E-state index contributed by atoms with van der Waals surface area (Å²) >= 11 is 0. The van der Waals surface area contributed by atoms with E-state index in [1.165, 1.54) is 31.2 Å². The first-order valence-electron chi connectivity index (χ1n) is 5.22. The minimum atomic E-state index is -0.575. The van der Waals surface area contributed by atoms with Gasteiger partial charge in [0.1, 0.15) is 17.4 Å². The lowest BCUT2D eigenvalue weighted by atomic mass is 10.1. The number of rotatable bonds is 5. The van der Waals surface area contributed by atoms with Crippen LogP contribution < -0.4 is 10.5 Å². The van der Waals surface area contributed by atoms with Gasteiger partial charge in [0.15, 0.2) is 6.61 Å². The van der Waals surface area contributed by atoms with E-state index in [9.17, 15) is 14.9 Å². The van der Waals surface area contributed by atoms with Crippen molar-refractivity contribution in [3.8, 4) is 11.8 Å². The number of hydrogen-bond acceptors (Lipinski definition) is 6. The van der Waals surface area contributed by atoms with Crippen LogP contribution in [0, 0.1) is 21.4 Å². The van der Waals surface area contributed by atoms with Crippen molar-refractivity contribution in [2.24, 2.45) is 5.73 Å². The molecule has 0 aliphatic heterocycles. The molecule has 0 saturated carbocycles. The Hall–Kier alpha value is -2.88. The zero-order chi connectivity index (χ0) is 14.4. The van der Waals surface area contributed by atoms with Gasteiger partial charge in [-0.2, -0.15) is 5.26 Å². The number of allylic oxidation sites excluding steroid dienone is 1. The summed E-state index contributed by atoms with van der Waals surface area (Å²) in [6.07, 6.45) is 0. The largest absolute Gasteiger partial charge is 0.485 e. The molecule has 7 heteroatoms. The summed E-state index contributed by atoms with van der Waals surface area (Å²) < 4.78 is 5.10. The molecule has 0 aliphatic carbocycles. The smallest absolute Gasteiger partial charge is 0.273 e. The van der Waals surface area contributed by atoms with E-state index < -0.39 is 17.3 Å². The number of nitriles is 1. The Kier molecular flexibility index (Phi) is 4.60. The van der Waals surface area contributed by atoms with Crippen molar-refractivity contribution in [1.29, 1.82) is 5.26 Å². The topological polar surface area (TPSA) is 119 Å². The highest BCUT2D eigenvalue weighted by Gasteiger charge is 2.13. The average Bonchev–Trinajstić information content (AvgIpc) is 2.37. The minimum Gasteiger partial charge on any atom is -0.485 e. The summed E-state index contributed by atoms with van der Waals surface area (Å²) in [5, 5.41) is 19.3. The monoisotopic (exact) mass is 261 g/mol. The number of hydrogen-bond donors (Lipinski definition) is 1. The third kappa shape index (κ3) is 3.81. The summed E-state index contributed by atoms with van der Waals surface area (Å²) in [5.74, 6) is -0.400. The van der Waals surface area contributed by atoms with Crippen molar-refractivity contribution >= 4 is 11.5 Å².